The molecular formula is C17H28O2. The van der Waals surface area contributed by atoms with E-state index in [-0.39, 0.29) is 17.1 Å². The van der Waals surface area contributed by atoms with Crippen LogP contribution in [0.15, 0.2) is 23.5 Å². The molecule has 0 aromatic rings. The molecule has 0 saturated carbocycles. The molecule has 108 valence electrons. The Kier molecular flexibility index (Phi) is 5.84. The van der Waals surface area contributed by atoms with Gasteiger partial charge in [-0.05, 0) is 45.4 Å². The Morgan fingerprint density at radius 1 is 1.47 bits per heavy atom. The molecule has 19 heavy (non-hydrogen) atoms. The van der Waals surface area contributed by atoms with Crippen LogP contribution in [0, 0.1) is 11.3 Å². The summed E-state index contributed by atoms with van der Waals surface area (Å²) in [7, 11) is 0. The highest BCUT2D eigenvalue weighted by atomic mass is 16.5. The predicted molar refractivity (Wildman–Crippen MR) is 79.9 cm³/mol. The summed E-state index contributed by atoms with van der Waals surface area (Å²) in [4.78, 5) is 12.3. The molecule has 1 aliphatic carbocycles. The zero-order valence-electron chi connectivity index (χ0n) is 13.1. The van der Waals surface area contributed by atoms with Crippen molar-refractivity contribution in [2.45, 2.75) is 60.3 Å². The van der Waals surface area contributed by atoms with Crippen LogP contribution in [0.4, 0.5) is 0 Å². The number of allylic oxidation sites excluding steroid dienone is 4. The molecule has 0 aliphatic heterocycles. The highest BCUT2D eigenvalue weighted by Crippen LogP contribution is 2.41. The van der Waals surface area contributed by atoms with E-state index in [0.29, 0.717) is 6.61 Å². The van der Waals surface area contributed by atoms with Crippen LogP contribution in [0.1, 0.15) is 60.3 Å². The highest BCUT2D eigenvalue weighted by Gasteiger charge is 2.38. The van der Waals surface area contributed by atoms with E-state index in [4.69, 9.17) is 4.74 Å². The fourth-order valence-corrected chi connectivity index (χ4v) is 2.79. The molecule has 0 N–H and O–H groups in total. The van der Waals surface area contributed by atoms with Crippen molar-refractivity contribution in [2.24, 2.45) is 11.3 Å². The van der Waals surface area contributed by atoms with Crippen LogP contribution in [0.3, 0.4) is 0 Å². The Morgan fingerprint density at radius 2 is 2.16 bits per heavy atom. The Bertz CT molecular complexity index is 371. The minimum Gasteiger partial charge on any atom is -0.498 e. The van der Waals surface area contributed by atoms with E-state index < -0.39 is 0 Å². The quantitative estimate of drug-likeness (QED) is 0.515. The molecule has 0 amide bonds. The van der Waals surface area contributed by atoms with Crippen LogP contribution in [0.25, 0.3) is 0 Å². The summed E-state index contributed by atoms with van der Waals surface area (Å²) >= 11 is 0. The number of hydrogen-bond acceptors (Lipinski definition) is 2. The molecule has 0 aromatic carbocycles. The van der Waals surface area contributed by atoms with Crippen LogP contribution >= 0.6 is 0 Å². The Labute approximate surface area is 117 Å². The van der Waals surface area contributed by atoms with Crippen molar-refractivity contribution in [1.29, 1.82) is 0 Å². The summed E-state index contributed by atoms with van der Waals surface area (Å²) in [5, 5.41) is 0. The average molecular weight is 264 g/mol. The van der Waals surface area contributed by atoms with Crippen LogP contribution in [0.2, 0.25) is 0 Å². The fraction of sp³-hybridized carbons (Fsp3) is 0.706. The third kappa shape index (κ3) is 4.85. The van der Waals surface area contributed by atoms with Crippen LogP contribution < -0.4 is 0 Å². The number of rotatable bonds is 6. The van der Waals surface area contributed by atoms with Gasteiger partial charge in [0.1, 0.15) is 5.76 Å². The zero-order valence-corrected chi connectivity index (χ0v) is 13.1. The molecule has 1 atom stereocenters. The number of carbonyl (C=O) groups excluding carboxylic acids is 1. The lowest BCUT2D eigenvalue weighted by Gasteiger charge is -2.36. The van der Waals surface area contributed by atoms with Gasteiger partial charge in [0.05, 0.1) is 6.61 Å². The maximum Gasteiger partial charge on any atom is 0.162 e. The van der Waals surface area contributed by atoms with Crippen LogP contribution in [-0.2, 0) is 9.53 Å². The van der Waals surface area contributed by atoms with Crippen molar-refractivity contribution in [3.63, 3.8) is 0 Å². The molecule has 1 aliphatic rings. The molecular weight excluding hydrogens is 236 g/mol. The molecule has 0 heterocycles. The maximum absolute atomic E-state index is 12.3. The van der Waals surface area contributed by atoms with E-state index in [0.717, 1.165) is 31.4 Å². The lowest BCUT2D eigenvalue weighted by atomic mass is 9.68. The average Bonchev–Trinajstić information content (AvgIpc) is 2.26. The number of hydrogen-bond donors (Lipinski definition) is 0. The second-order valence-electron chi connectivity index (χ2n) is 6.38. The normalized spacial score (nSPS) is 21.8. The van der Waals surface area contributed by atoms with Crippen molar-refractivity contribution in [3.05, 3.63) is 23.5 Å². The Balaban J connectivity index is 2.62. The highest BCUT2D eigenvalue weighted by molar-refractivity contribution is 5.93. The Morgan fingerprint density at radius 3 is 2.68 bits per heavy atom. The standard InChI is InChI=1S/C17H28O2/c1-6-19-14-11-16(18)15(17(4,5)12-14)10-8-7-9-13(2)3/h9,11,15H,6-8,10,12H2,1-5H3. The minimum absolute atomic E-state index is 0.0152. The van der Waals surface area contributed by atoms with E-state index in [9.17, 15) is 4.79 Å². The van der Waals surface area contributed by atoms with Crippen molar-refractivity contribution < 1.29 is 9.53 Å². The van der Waals surface area contributed by atoms with Gasteiger partial charge < -0.3 is 4.74 Å². The summed E-state index contributed by atoms with van der Waals surface area (Å²) in [5.41, 5.74) is 1.37. The summed E-state index contributed by atoms with van der Waals surface area (Å²) in [6.45, 7) is 11.2. The van der Waals surface area contributed by atoms with Gasteiger partial charge in [0, 0.05) is 18.4 Å². The number of unbranched alkanes of at least 4 members (excludes halogenated alkanes) is 1. The van der Waals surface area contributed by atoms with Gasteiger partial charge in [-0.25, -0.2) is 0 Å². The summed E-state index contributed by atoms with van der Waals surface area (Å²) in [5.74, 6) is 1.25. The Hall–Kier alpha value is -1.05. The monoisotopic (exact) mass is 264 g/mol. The number of ketones is 1. The molecule has 1 rings (SSSR count). The van der Waals surface area contributed by atoms with Gasteiger partial charge in [-0.3, -0.25) is 4.79 Å². The first kappa shape index (κ1) is 16.0. The second kappa shape index (κ2) is 6.93. The lowest BCUT2D eigenvalue weighted by molar-refractivity contribution is -0.123. The van der Waals surface area contributed by atoms with Gasteiger partial charge in [-0.1, -0.05) is 25.5 Å². The van der Waals surface area contributed by atoms with Crippen molar-refractivity contribution >= 4 is 5.78 Å². The largest absolute Gasteiger partial charge is 0.498 e. The molecule has 1 unspecified atom stereocenters. The first-order valence-electron chi connectivity index (χ1n) is 7.37. The third-order valence-corrected chi connectivity index (χ3v) is 3.80. The van der Waals surface area contributed by atoms with Gasteiger partial charge in [0.15, 0.2) is 5.78 Å². The van der Waals surface area contributed by atoms with Crippen LogP contribution in [0.5, 0.6) is 0 Å². The van der Waals surface area contributed by atoms with Gasteiger partial charge in [0.2, 0.25) is 0 Å². The molecule has 0 saturated heterocycles. The van der Waals surface area contributed by atoms with Gasteiger partial charge in [-0.2, -0.15) is 0 Å². The molecule has 0 bridgehead atoms. The second-order valence-corrected chi connectivity index (χ2v) is 6.38. The van der Waals surface area contributed by atoms with Crippen molar-refractivity contribution in [3.8, 4) is 0 Å². The molecule has 2 nitrogen and oxygen atoms in total. The van der Waals surface area contributed by atoms with E-state index >= 15 is 0 Å². The first-order valence-corrected chi connectivity index (χ1v) is 7.37. The van der Waals surface area contributed by atoms with E-state index in [1.807, 2.05) is 6.92 Å². The maximum atomic E-state index is 12.3. The number of carbonyl (C=O) groups is 1. The fourth-order valence-electron chi connectivity index (χ4n) is 2.79. The third-order valence-electron chi connectivity index (χ3n) is 3.80. The molecule has 0 spiro atoms. The topological polar surface area (TPSA) is 26.3 Å². The molecule has 0 radical (unpaired) electrons. The lowest BCUT2D eigenvalue weighted by Crippen LogP contribution is -2.34. The van der Waals surface area contributed by atoms with Crippen molar-refractivity contribution in [1.82, 2.24) is 0 Å². The predicted octanol–water partition coefficient (Wildman–Crippen LogP) is 4.66. The summed E-state index contributed by atoms with van der Waals surface area (Å²) in [6.07, 6.45) is 7.99. The molecule has 0 fully saturated rings. The van der Waals surface area contributed by atoms with Crippen LogP contribution in [-0.4, -0.2) is 12.4 Å². The van der Waals surface area contributed by atoms with Gasteiger partial charge in [0.25, 0.3) is 0 Å². The molecule has 2 heteroatoms. The van der Waals surface area contributed by atoms with Gasteiger partial charge >= 0.3 is 0 Å². The first-order chi connectivity index (χ1) is 8.86. The summed E-state index contributed by atoms with van der Waals surface area (Å²) < 4.78 is 5.53. The smallest absolute Gasteiger partial charge is 0.162 e. The minimum atomic E-state index is 0.0152. The SMILES string of the molecule is CCOC1=CC(=O)C(CCCC=C(C)C)C(C)(C)C1. The number of ether oxygens (including phenoxy) is 1. The van der Waals surface area contributed by atoms with E-state index in [1.165, 1.54) is 5.57 Å². The summed E-state index contributed by atoms with van der Waals surface area (Å²) in [6, 6.07) is 0. The van der Waals surface area contributed by atoms with E-state index in [2.05, 4.69) is 33.8 Å². The van der Waals surface area contributed by atoms with Gasteiger partial charge in [-0.15, -0.1) is 0 Å². The van der Waals surface area contributed by atoms with E-state index in [1.54, 1.807) is 6.08 Å². The zero-order chi connectivity index (χ0) is 14.5. The molecule has 0 aromatic heterocycles. The van der Waals surface area contributed by atoms with Crippen molar-refractivity contribution in [2.75, 3.05) is 6.61 Å².